The molecule has 0 bridgehead atoms. The molecule has 0 aromatic rings. The minimum atomic E-state index is -0.815. The molecule has 1 N–H and O–H groups in total. The summed E-state index contributed by atoms with van der Waals surface area (Å²) < 4.78 is 37.0. The highest BCUT2D eigenvalue weighted by Crippen LogP contribution is 2.12. The van der Waals surface area contributed by atoms with Crippen molar-refractivity contribution in [3.8, 4) is 0 Å². The standard InChI is InChI=1S/C23H40N2O12/c1-30-8-9-32-12-13-34-16-17-36-19-18-35-15-14-33-11-10-31-7-6-24-20(26)2-5-23(29)37-25-21(27)3-4-22(25)28/h2-19H2,1H3,(H,24,26). The van der Waals surface area contributed by atoms with Gasteiger partial charge in [0.25, 0.3) is 11.8 Å². The van der Waals surface area contributed by atoms with Gasteiger partial charge in [-0.3, -0.25) is 14.4 Å². The monoisotopic (exact) mass is 536 g/mol. The van der Waals surface area contributed by atoms with Crippen molar-refractivity contribution in [3.05, 3.63) is 0 Å². The first-order valence-corrected chi connectivity index (χ1v) is 12.3. The SMILES string of the molecule is COCCOCCOCCOCCOCCOCCOCCNC(=O)CCC(=O)ON1C(=O)CCC1=O. The van der Waals surface area contributed by atoms with Gasteiger partial charge in [0, 0.05) is 32.9 Å². The number of amides is 3. The van der Waals surface area contributed by atoms with E-state index < -0.39 is 17.8 Å². The Bertz CT molecular complexity index is 633. The van der Waals surface area contributed by atoms with Crippen molar-refractivity contribution in [1.82, 2.24) is 10.4 Å². The van der Waals surface area contributed by atoms with Crippen LogP contribution in [0.1, 0.15) is 25.7 Å². The fraction of sp³-hybridized carbons (Fsp3) is 0.826. The summed E-state index contributed by atoms with van der Waals surface area (Å²) in [6.07, 6.45) is -0.328. The summed E-state index contributed by atoms with van der Waals surface area (Å²) in [5.74, 6) is -2.30. The third kappa shape index (κ3) is 18.7. The van der Waals surface area contributed by atoms with E-state index in [0.29, 0.717) is 84.3 Å². The van der Waals surface area contributed by atoms with Crippen molar-refractivity contribution in [1.29, 1.82) is 0 Å². The molecule has 0 unspecified atom stereocenters. The molecule has 14 nitrogen and oxygen atoms in total. The van der Waals surface area contributed by atoms with Gasteiger partial charge in [-0.15, -0.1) is 5.06 Å². The molecule has 214 valence electrons. The largest absolute Gasteiger partial charge is 0.382 e. The predicted octanol–water partition coefficient (Wildman–Crippen LogP) is -0.764. The van der Waals surface area contributed by atoms with Gasteiger partial charge < -0.3 is 43.3 Å². The van der Waals surface area contributed by atoms with Gasteiger partial charge in [0.2, 0.25) is 5.91 Å². The molecule has 0 radical (unpaired) electrons. The Labute approximate surface area is 217 Å². The first-order chi connectivity index (χ1) is 18.0. The van der Waals surface area contributed by atoms with E-state index in [0.717, 1.165) is 0 Å². The number of carbonyl (C=O) groups is 4. The molecule has 0 saturated carbocycles. The lowest BCUT2D eigenvalue weighted by Gasteiger charge is -2.12. The van der Waals surface area contributed by atoms with Crippen LogP contribution in [0.2, 0.25) is 0 Å². The van der Waals surface area contributed by atoms with Crippen molar-refractivity contribution < 1.29 is 57.2 Å². The van der Waals surface area contributed by atoms with Crippen molar-refractivity contribution in [2.45, 2.75) is 25.7 Å². The van der Waals surface area contributed by atoms with Gasteiger partial charge in [-0.25, -0.2) is 4.79 Å². The molecule has 1 aliphatic rings. The Hall–Kier alpha value is -2.20. The molecule has 0 aromatic heterocycles. The number of rotatable bonds is 25. The number of hydrogen-bond donors (Lipinski definition) is 1. The van der Waals surface area contributed by atoms with E-state index in [2.05, 4.69) is 10.2 Å². The first-order valence-electron chi connectivity index (χ1n) is 12.3. The molecule has 0 atom stereocenters. The molecule has 1 rings (SSSR count). The molecule has 37 heavy (non-hydrogen) atoms. The Morgan fingerprint density at radius 2 is 1.05 bits per heavy atom. The molecule has 0 aromatic carbocycles. The molecule has 0 aliphatic carbocycles. The van der Waals surface area contributed by atoms with E-state index >= 15 is 0 Å². The Balaban J connectivity index is 1.76. The van der Waals surface area contributed by atoms with Gasteiger partial charge in [-0.05, 0) is 0 Å². The summed E-state index contributed by atoms with van der Waals surface area (Å²) in [4.78, 5) is 50.8. The second-order valence-corrected chi connectivity index (χ2v) is 7.56. The van der Waals surface area contributed by atoms with Crippen LogP contribution in [0.25, 0.3) is 0 Å². The third-order valence-electron chi connectivity index (χ3n) is 4.62. The Morgan fingerprint density at radius 3 is 1.49 bits per heavy atom. The molecule has 1 aliphatic heterocycles. The zero-order valence-corrected chi connectivity index (χ0v) is 21.6. The lowest BCUT2D eigenvalue weighted by atomic mass is 10.3. The van der Waals surface area contributed by atoms with E-state index in [1.165, 1.54) is 0 Å². The molecule has 1 heterocycles. The number of imide groups is 1. The lowest BCUT2D eigenvalue weighted by molar-refractivity contribution is -0.197. The number of carbonyl (C=O) groups excluding carboxylic acids is 4. The second kappa shape index (κ2) is 23.0. The zero-order chi connectivity index (χ0) is 27.0. The van der Waals surface area contributed by atoms with Crippen molar-refractivity contribution in [2.24, 2.45) is 0 Å². The van der Waals surface area contributed by atoms with Gasteiger partial charge in [-0.1, -0.05) is 0 Å². The number of hydroxylamine groups is 2. The summed E-state index contributed by atoms with van der Waals surface area (Å²) in [5, 5.41) is 3.06. The van der Waals surface area contributed by atoms with E-state index in [-0.39, 0.29) is 44.7 Å². The number of hydrogen-bond acceptors (Lipinski definition) is 12. The van der Waals surface area contributed by atoms with Crippen LogP contribution in [0.4, 0.5) is 0 Å². The molecular weight excluding hydrogens is 496 g/mol. The highest BCUT2D eigenvalue weighted by Gasteiger charge is 2.32. The molecule has 14 heteroatoms. The number of methoxy groups -OCH3 is 1. The quantitative estimate of drug-likeness (QED) is 0.115. The molecule has 0 spiro atoms. The second-order valence-electron chi connectivity index (χ2n) is 7.56. The van der Waals surface area contributed by atoms with Crippen LogP contribution in [0.15, 0.2) is 0 Å². The maximum absolute atomic E-state index is 11.7. The lowest BCUT2D eigenvalue weighted by Crippen LogP contribution is -2.33. The predicted molar refractivity (Wildman–Crippen MR) is 126 cm³/mol. The van der Waals surface area contributed by atoms with Crippen LogP contribution in [0.5, 0.6) is 0 Å². The Morgan fingerprint density at radius 1 is 0.649 bits per heavy atom. The fourth-order valence-electron chi connectivity index (χ4n) is 2.72. The van der Waals surface area contributed by atoms with Crippen LogP contribution >= 0.6 is 0 Å². The number of nitrogens with zero attached hydrogens (tertiary/aromatic N) is 1. The minimum Gasteiger partial charge on any atom is -0.382 e. The minimum absolute atomic E-state index is 0.0197. The van der Waals surface area contributed by atoms with E-state index in [9.17, 15) is 19.2 Å². The van der Waals surface area contributed by atoms with Crippen LogP contribution in [-0.4, -0.2) is 128 Å². The third-order valence-corrected chi connectivity index (χ3v) is 4.62. The highest BCUT2D eigenvalue weighted by atomic mass is 16.7. The summed E-state index contributed by atoms with van der Waals surface area (Å²) in [6, 6.07) is 0. The number of ether oxygens (including phenoxy) is 7. The normalized spacial score (nSPS) is 13.4. The molecular formula is C23H40N2O12. The smallest absolute Gasteiger partial charge is 0.333 e. The zero-order valence-electron chi connectivity index (χ0n) is 21.6. The fourth-order valence-corrected chi connectivity index (χ4v) is 2.72. The van der Waals surface area contributed by atoms with Crippen LogP contribution in [0.3, 0.4) is 0 Å². The summed E-state index contributed by atoms with van der Waals surface area (Å²) in [7, 11) is 1.63. The topological polar surface area (TPSA) is 157 Å². The van der Waals surface area contributed by atoms with Crippen molar-refractivity contribution >= 4 is 23.7 Å². The van der Waals surface area contributed by atoms with Gasteiger partial charge in [0.15, 0.2) is 0 Å². The van der Waals surface area contributed by atoms with Gasteiger partial charge >= 0.3 is 5.97 Å². The van der Waals surface area contributed by atoms with E-state index in [1.54, 1.807) is 7.11 Å². The summed E-state index contributed by atoms with van der Waals surface area (Å²) in [5.41, 5.74) is 0. The van der Waals surface area contributed by atoms with Crippen LogP contribution in [0, 0.1) is 0 Å². The van der Waals surface area contributed by atoms with Crippen molar-refractivity contribution in [2.75, 3.05) is 99.5 Å². The van der Waals surface area contributed by atoms with Crippen LogP contribution in [-0.2, 0) is 57.2 Å². The average molecular weight is 537 g/mol. The van der Waals surface area contributed by atoms with Gasteiger partial charge in [0.1, 0.15) is 0 Å². The first kappa shape index (κ1) is 32.8. The maximum atomic E-state index is 11.7. The average Bonchev–Trinajstić information content (AvgIpc) is 3.20. The van der Waals surface area contributed by atoms with E-state index in [1.807, 2.05) is 0 Å². The maximum Gasteiger partial charge on any atom is 0.333 e. The van der Waals surface area contributed by atoms with Gasteiger partial charge in [0.05, 0.1) is 92.3 Å². The Kier molecular flexibility index (Phi) is 20.4. The van der Waals surface area contributed by atoms with Crippen molar-refractivity contribution in [3.63, 3.8) is 0 Å². The van der Waals surface area contributed by atoms with Gasteiger partial charge in [-0.2, -0.15) is 0 Å². The number of nitrogens with one attached hydrogen (secondary N) is 1. The van der Waals surface area contributed by atoms with E-state index in [4.69, 9.17) is 33.2 Å². The molecule has 3 amide bonds. The van der Waals surface area contributed by atoms with Crippen LogP contribution < -0.4 is 5.32 Å². The summed E-state index contributed by atoms with van der Waals surface area (Å²) in [6.45, 7) is 6.29. The highest BCUT2D eigenvalue weighted by molar-refractivity contribution is 6.01. The molecule has 1 saturated heterocycles. The summed E-state index contributed by atoms with van der Waals surface area (Å²) >= 11 is 0. The molecule has 1 fully saturated rings.